The lowest BCUT2D eigenvalue weighted by atomic mass is 9.66. The fourth-order valence-electron chi connectivity index (χ4n) is 6.00. The van der Waals surface area contributed by atoms with Gasteiger partial charge in [-0.25, -0.2) is 0 Å². The standard InChI is InChI=1S/C35H62O6Si2/c1-23-15-16-24-19-26(40-42(11,12)34(5,6)7)21-29(39-32(37)33(2,3)4)31(24)28(23)18-17-25-20-27(22-30(36)38-25)41-43(13,14)35(8,9)10/h15-16,19,23,25-29,31H,17-18,20-22H2,1-14H3. The third kappa shape index (κ3) is 8.95. The highest BCUT2D eigenvalue weighted by molar-refractivity contribution is 6.74. The molecule has 0 radical (unpaired) electrons. The number of ether oxygens (including phenoxy) is 2. The number of hydrogen-bond donors (Lipinski definition) is 0. The van der Waals surface area contributed by atoms with Crippen LogP contribution in [0, 0.1) is 23.2 Å². The van der Waals surface area contributed by atoms with Gasteiger partial charge in [0.05, 0.1) is 24.0 Å². The van der Waals surface area contributed by atoms with Crippen molar-refractivity contribution in [3.8, 4) is 0 Å². The summed E-state index contributed by atoms with van der Waals surface area (Å²) in [5, 5.41) is 0.173. The number of hydrogen-bond acceptors (Lipinski definition) is 6. The number of allylic oxidation sites excluding steroid dienone is 2. The maximum absolute atomic E-state index is 13.2. The molecule has 0 bridgehead atoms. The van der Waals surface area contributed by atoms with Gasteiger partial charge in [-0.15, -0.1) is 0 Å². The monoisotopic (exact) mass is 634 g/mol. The Morgan fingerprint density at radius 1 is 0.907 bits per heavy atom. The molecule has 0 spiro atoms. The Morgan fingerprint density at radius 2 is 1.49 bits per heavy atom. The van der Waals surface area contributed by atoms with E-state index in [9.17, 15) is 9.59 Å². The Morgan fingerprint density at radius 3 is 2.05 bits per heavy atom. The molecule has 3 rings (SSSR count). The third-order valence-electron chi connectivity index (χ3n) is 10.8. The summed E-state index contributed by atoms with van der Waals surface area (Å²) in [5.74, 6) is 0.344. The molecule has 246 valence electrons. The lowest BCUT2D eigenvalue weighted by molar-refractivity contribution is -0.165. The Hall–Kier alpha value is -1.23. The predicted molar refractivity (Wildman–Crippen MR) is 180 cm³/mol. The van der Waals surface area contributed by atoms with Crippen molar-refractivity contribution in [2.24, 2.45) is 23.2 Å². The van der Waals surface area contributed by atoms with Gasteiger partial charge in [0.15, 0.2) is 16.6 Å². The zero-order valence-electron chi connectivity index (χ0n) is 29.8. The van der Waals surface area contributed by atoms with E-state index in [1.807, 2.05) is 20.8 Å². The van der Waals surface area contributed by atoms with Crippen molar-refractivity contribution in [2.45, 2.75) is 162 Å². The minimum atomic E-state index is -2.03. The summed E-state index contributed by atoms with van der Waals surface area (Å²) < 4.78 is 25.8. The Balaban J connectivity index is 1.83. The Labute approximate surface area is 265 Å². The molecule has 7 unspecified atom stereocenters. The van der Waals surface area contributed by atoms with E-state index in [0.717, 1.165) is 19.3 Å². The number of fused-ring (bicyclic) bond motifs is 1. The van der Waals surface area contributed by atoms with Gasteiger partial charge in [-0.2, -0.15) is 0 Å². The number of cyclic esters (lactones) is 1. The van der Waals surface area contributed by atoms with Crippen LogP contribution < -0.4 is 0 Å². The largest absolute Gasteiger partial charge is 0.462 e. The van der Waals surface area contributed by atoms with Gasteiger partial charge < -0.3 is 18.3 Å². The highest BCUT2D eigenvalue weighted by atomic mass is 28.4. The summed E-state index contributed by atoms with van der Waals surface area (Å²) in [4.78, 5) is 25.9. The van der Waals surface area contributed by atoms with Gasteiger partial charge in [-0.1, -0.05) is 66.7 Å². The molecule has 0 aromatic carbocycles. The van der Waals surface area contributed by atoms with Crippen molar-refractivity contribution in [3.63, 3.8) is 0 Å². The van der Waals surface area contributed by atoms with Gasteiger partial charge in [0.2, 0.25) is 0 Å². The smallest absolute Gasteiger partial charge is 0.311 e. The third-order valence-corrected chi connectivity index (χ3v) is 19.8. The van der Waals surface area contributed by atoms with Crippen LogP contribution in [0.3, 0.4) is 0 Å². The lowest BCUT2D eigenvalue weighted by Gasteiger charge is -2.46. The topological polar surface area (TPSA) is 71.1 Å². The van der Waals surface area contributed by atoms with Gasteiger partial charge in [0.25, 0.3) is 0 Å². The van der Waals surface area contributed by atoms with Crippen molar-refractivity contribution >= 4 is 28.6 Å². The van der Waals surface area contributed by atoms with Gasteiger partial charge in [-0.3, -0.25) is 9.59 Å². The van der Waals surface area contributed by atoms with E-state index in [-0.39, 0.29) is 58.3 Å². The molecule has 1 heterocycles. The Bertz CT molecular complexity index is 1070. The highest BCUT2D eigenvalue weighted by Crippen LogP contribution is 2.47. The number of esters is 2. The van der Waals surface area contributed by atoms with Crippen molar-refractivity contribution in [1.29, 1.82) is 0 Å². The molecule has 6 nitrogen and oxygen atoms in total. The second-order valence-corrected chi connectivity index (χ2v) is 27.1. The van der Waals surface area contributed by atoms with E-state index in [2.05, 4.69) is 92.9 Å². The zero-order chi connectivity index (χ0) is 32.8. The fraction of sp³-hybridized carbons (Fsp3) is 0.829. The van der Waals surface area contributed by atoms with Crippen LogP contribution in [0.15, 0.2) is 23.8 Å². The van der Waals surface area contributed by atoms with Crippen molar-refractivity contribution in [2.75, 3.05) is 0 Å². The van der Waals surface area contributed by atoms with Crippen LogP contribution in [-0.2, 0) is 27.9 Å². The highest BCUT2D eigenvalue weighted by Gasteiger charge is 2.47. The molecule has 0 aromatic heterocycles. The summed E-state index contributed by atoms with van der Waals surface area (Å²) in [6.07, 6.45) is 9.63. The molecule has 1 aliphatic heterocycles. The first kappa shape index (κ1) is 36.2. The number of rotatable bonds is 8. The molecule has 0 N–H and O–H groups in total. The molecule has 7 atom stereocenters. The number of carbonyl (C=O) groups is 2. The van der Waals surface area contributed by atoms with E-state index >= 15 is 0 Å². The van der Waals surface area contributed by atoms with Crippen molar-refractivity contribution in [1.82, 2.24) is 0 Å². The van der Waals surface area contributed by atoms with Crippen LogP contribution in [0.5, 0.6) is 0 Å². The van der Waals surface area contributed by atoms with E-state index in [0.29, 0.717) is 18.8 Å². The summed E-state index contributed by atoms with van der Waals surface area (Å²) in [6, 6.07) is 0. The molecule has 0 amide bonds. The molecule has 1 saturated heterocycles. The second-order valence-electron chi connectivity index (χ2n) is 17.5. The molecule has 43 heavy (non-hydrogen) atoms. The molecule has 0 saturated carbocycles. The molecular formula is C35H62O6Si2. The summed E-state index contributed by atoms with van der Waals surface area (Å²) in [7, 11) is -4.03. The number of carbonyl (C=O) groups excluding carboxylic acids is 2. The van der Waals surface area contributed by atoms with Gasteiger partial charge in [-0.05, 0) is 87.3 Å². The minimum Gasteiger partial charge on any atom is -0.462 e. The summed E-state index contributed by atoms with van der Waals surface area (Å²) in [6.45, 7) is 30.5. The first-order valence-electron chi connectivity index (χ1n) is 16.6. The lowest BCUT2D eigenvalue weighted by Crippen LogP contribution is -2.49. The average molecular weight is 635 g/mol. The van der Waals surface area contributed by atoms with Crippen LogP contribution in [-0.4, -0.2) is 53.0 Å². The normalized spacial score (nSPS) is 30.8. The average Bonchev–Trinajstić information content (AvgIpc) is 2.80. The second kappa shape index (κ2) is 12.9. The first-order chi connectivity index (χ1) is 19.4. The van der Waals surface area contributed by atoms with Crippen LogP contribution in [0.1, 0.15) is 101 Å². The van der Waals surface area contributed by atoms with Gasteiger partial charge >= 0.3 is 11.9 Å². The van der Waals surface area contributed by atoms with Crippen LogP contribution in [0.4, 0.5) is 0 Å². The van der Waals surface area contributed by atoms with Crippen LogP contribution in [0.25, 0.3) is 0 Å². The molecule has 1 fully saturated rings. The molecule has 0 aromatic rings. The summed E-state index contributed by atoms with van der Waals surface area (Å²) in [5.41, 5.74) is 0.627. The van der Waals surface area contributed by atoms with Gasteiger partial charge in [0.1, 0.15) is 12.2 Å². The molecule has 2 aliphatic carbocycles. The molecule has 8 heteroatoms. The van der Waals surface area contributed by atoms with Crippen LogP contribution >= 0.6 is 0 Å². The first-order valence-corrected chi connectivity index (χ1v) is 22.4. The van der Waals surface area contributed by atoms with Crippen LogP contribution in [0.2, 0.25) is 36.3 Å². The summed E-state index contributed by atoms with van der Waals surface area (Å²) >= 11 is 0. The Kier molecular flexibility index (Phi) is 10.9. The quantitative estimate of drug-likeness (QED) is 0.196. The van der Waals surface area contributed by atoms with E-state index in [4.69, 9.17) is 18.3 Å². The van der Waals surface area contributed by atoms with E-state index < -0.39 is 22.0 Å². The maximum atomic E-state index is 13.2. The fourth-order valence-corrected chi connectivity index (χ4v) is 8.65. The SMILES string of the molecule is CC1C=CC2=CC(O[Si](C)(C)C(C)(C)C)CC(OC(=O)C(C)(C)C)C2C1CCC1CC(O[Si](C)(C)C(C)(C)C)CC(=O)O1. The minimum absolute atomic E-state index is 0.0863. The molecule has 3 aliphatic rings. The zero-order valence-corrected chi connectivity index (χ0v) is 31.8. The van der Waals surface area contributed by atoms with E-state index in [1.54, 1.807) is 0 Å². The maximum Gasteiger partial charge on any atom is 0.311 e. The van der Waals surface area contributed by atoms with Crippen molar-refractivity contribution < 1.29 is 27.9 Å². The molecular weight excluding hydrogens is 573 g/mol. The van der Waals surface area contributed by atoms with E-state index in [1.165, 1.54) is 5.57 Å². The van der Waals surface area contributed by atoms with Gasteiger partial charge in [0, 0.05) is 18.8 Å². The van der Waals surface area contributed by atoms with Crippen molar-refractivity contribution in [3.05, 3.63) is 23.8 Å². The predicted octanol–water partition coefficient (Wildman–Crippen LogP) is 8.98.